The first kappa shape index (κ1) is 19.9. The summed E-state index contributed by atoms with van der Waals surface area (Å²) >= 11 is 3.48. The maximum atomic E-state index is 12.4. The second kappa shape index (κ2) is 8.00. The number of hydrogen-bond donors (Lipinski definition) is 0. The molecule has 8 heteroatoms. The number of imidazole rings is 1. The molecular weight excluding hydrogens is 430 g/mol. The summed E-state index contributed by atoms with van der Waals surface area (Å²) in [5.74, 6) is 1.51. The van der Waals surface area contributed by atoms with Crippen LogP contribution in [-0.4, -0.2) is 36.4 Å². The average molecular weight is 452 g/mol. The Bertz CT molecular complexity index is 1060. The van der Waals surface area contributed by atoms with E-state index in [-0.39, 0.29) is 4.90 Å². The number of halogens is 1. The Kier molecular flexibility index (Phi) is 5.88. The summed E-state index contributed by atoms with van der Waals surface area (Å²) in [4.78, 5) is 4.88. The molecule has 0 N–H and O–H groups in total. The normalized spacial score (nSPS) is 12.0. The van der Waals surface area contributed by atoms with Gasteiger partial charge in [0.05, 0.1) is 20.4 Å². The fourth-order valence-corrected chi connectivity index (χ4v) is 4.14. The number of nitrogens with zero attached hydrogens (tertiary/aromatic N) is 3. The topological polar surface area (TPSA) is 64.4 Å². The third-order valence-corrected chi connectivity index (χ3v) is 6.68. The smallest absolute Gasteiger partial charge is 0.242 e. The van der Waals surface area contributed by atoms with Gasteiger partial charge in [0.1, 0.15) is 18.2 Å². The van der Waals surface area contributed by atoms with Gasteiger partial charge in [-0.25, -0.2) is 17.7 Å². The maximum absolute atomic E-state index is 12.4. The number of ether oxygens (including phenoxy) is 1. The van der Waals surface area contributed by atoms with E-state index in [0.717, 1.165) is 34.5 Å². The summed E-state index contributed by atoms with van der Waals surface area (Å²) in [7, 11) is -0.458. The van der Waals surface area contributed by atoms with Crippen LogP contribution < -0.4 is 4.74 Å². The van der Waals surface area contributed by atoms with Gasteiger partial charge in [-0.05, 0) is 52.7 Å². The molecule has 0 radical (unpaired) electrons. The molecule has 3 aromatic rings. The predicted molar refractivity (Wildman–Crippen MR) is 109 cm³/mol. The van der Waals surface area contributed by atoms with Gasteiger partial charge in [-0.3, -0.25) is 0 Å². The minimum atomic E-state index is -3.50. The largest absolute Gasteiger partial charge is 0.484 e. The lowest BCUT2D eigenvalue weighted by Gasteiger charge is -2.12. The van der Waals surface area contributed by atoms with E-state index in [1.807, 2.05) is 30.3 Å². The number of benzene rings is 2. The molecule has 3 rings (SSSR count). The maximum Gasteiger partial charge on any atom is 0.242 e. The van der Waals surface area contributed by atoms with Crippen molar-refractivity contribution in [1.29, 1.82) is 0 Å². The van der Waals surface area contributed by atoms with Crippen LogP contribution in [0.3, 0.4) is 0 Å². The van der Waals surface area contributed by atoms with E-state index < -0.39 is 10.0 Å². The highest BCUT2D eigenvalue weighted by Crippen LogP contribution is 2.26. The summed E-state index contributed by atoms with van der Waals surface area (Å²) in [6, 6.07) is 12.7. The van der Waals surface area contributed by atoms with Crippen LogP contribution in [0.25, 0.3) is 11.0 Å². The Morgan fingerprint density at radius 2 is 1.93 bits per heavy atom. The molecule has 1 heterocycles. The van der Waals surface area contributed by atoms with Crippen molar-refractivity contribution in [1.82, 2.24) is 13.9 Å². The second-order valence-corrected chi connectivity index (χ2v) is 9.34. The monoisotopic (exact) mass is 451 g/mol. The molecule has 6 nitrogen and oxygen atoms in total. The molecule has 0 aliphatic heterocycles. The average Bonchev–Trinajstić information content (AvgIpc) is 2.98. The number of para-hydroxylation sites is 1. The van der Waals surface area contributed by atoms with Crippen LogP contribution in [0.2, 0.25) is 0 Å². The summed E-state index contributed by atoms with van der Waals surface area (Å²) < 4.78 is 34.9. The van der Waals surface area contributed by atoms with Gasteiger partial charge in [-0.2, -0.15) is 0 Å². The van der Waals surface area contributed by atoms with Crippen LogP contribution in [0.1, 0.15) is 19.2 Å². The summed E-state index contributed by atoms with van der Waals surface area (Å²) in [6.45, 7) is 3.17. The minimum absolute atomic E-state index is 0.236. The van der Waals surface area contributed by atoms with E-state index in [9.17, 15) is 8.42 Å². The first-order chi connectivity index (χ1) is 12.8. The number of rotatable bonds is 7. The van der Waals surface area contributed by atoms with Crippen molar-refractivity contribution in [3.05, 3.63) is 52.8 Å². The van der Waals surface area contributed by atoms with E-state index in [0.29, 0.717) is 12.1 Å². The van der Waals surface area contributed by atoms with Crippen LogP contribution in [-0.2, 0) is 23.2 Å². The quantitative estimate of drug-likeness (QED) is 0.543. The molecule has 0 saturated heterocycles. The van der Waals surface area contributed by atoms with Gasteiger partial charge in [0.25, 0.3) is 0 Å². The molecule has 0 amide bonds. The zero-order chi connectivity index (χ0) is 19.6. The molecule has 0 aliphatic rings. The standard InChI is InChI=1S/C19H22BrN3O3S/c1-4-11-23-17-10-9-14(27(24,25)22(2)3)12-16(17)21-19(23)13-26-18-8-6-5-7-15(18)20/h5-10,12H,4,11,13H2,1-3H3. The molecular formula is C19H22BrN3O3S. The predicted octanol–water partition coefficient (Wildman–Crippen LogP) is 4.04. The molecule has 0 bridgehead atoms. The van der Waals surface area contributed by atoms with E-state index in [4.69, 9.17) is 4.74 Å². The molecule has 0 aliphatic carbocycles. The molecule has 144 valence electrons. The SMILES string of the molecule is CCCn1c(COc2ccccc2Br)nc2cc(S(=O)(=O)N(C)C)ccc21. The Morgan fingerprint density at radius 3 is 2.59 bits per heavy atom. The van der Waals surface area contributed by atoms with E-state index >= 15 is 0 Å². The number of hydrogen-bond acceptors (Lipinski definition) is 4. The lowest BCUT2D eigenvalue weighted by atomic mass is 10.3. The fourth-order valence-electron chi connectivity index (χ4n) is 2.82. The third-order valence-electron chi connectivity index (χ3n) is 4.22. The van der Waals surface area contributed by atoms with Gasteiger partial charge in [0.15, 0.2) is 0 Å². The summed E-state index contributed by atoms with van der Waals surface area (Å²) in [5.41, 5.74) is 1.55. The van der Waals surface area contributed by atoms with E-state index in [2.05, 4.69) is 32.4 Å². The van der Waals surface area contributed by atoms with Crippen molar-refractivity contribution in [2.75, 3.05) is 14.1 Å². The molecule has 0 spiro atoms. The van der Waals surface area contributed by atoms with Gasteiger partial charge < -0.3 is 9.30 Å². The summed E-state index contributed by atoms with van der Waals surface area (Å²) in [5, 5.41) is 0. The van der Waals surface area contributed by atoms with Crippen LogP contribution in [0.15, 0.2) is 51.8 Å². The Labute approximate surface area is 168 Å². The first-order valence-electron chi connectivity index (χ1n) is 8.63. The molecule has 0 unspecified atom stereocenters. The Balaban J connectivity index is 1.99. The van der Waals surface area contributed by atoms with Gasteiger partial charge >= 0.3 is 0 Å². The number of aryl methyl sites for hydroxylation is 1. The van der Waals surface area contributed by atoms with Crippen molar-refractivity contribution in [3.63, 3.8) is 0 Å². The van der Waals surface area contributed by atoms with Crippen molar-refractivity contribution >= 4 is 37.0 Å². The molecule has 1 aromatic heterocycles. The van der Waals surface area contributed by atoms with Crippen LogP contribution in [0.5, 0.6) is 5.75 Å². The van der Waals surface area contributed by atoms with Gasteiger partial charge in [0.2, 0.25) is 10.0 Å². The summed E-state index contributed by atoms with van der Waals surface area (Å²) in [6.07, 6.45) is 0.936. The Morgan fingerprint density at radius 1 is 1.19 bits per heavy atom. The zero-order valence-corrected chi connectivity index (χ0v) is 17.9. The van der Waals surface area contributed by atoms with E-state index in [1.165, 1.54) is 18.4 Å². The van der Waals surface area contributed by atoms with Crippen LogP contribution in [0, 0.1) is 0 Å². The molecule has 0 atom stereocenters. The first-order valence-corrected chi connectivity index (χ1v) is 10.9. The molecule has 0 fully saturated rings. The second-order valence-electron chi connectivity index (χ2n) is 6.34. The van der Waals surface area contributed by atoms with Crippen molar-refractivity contribution < 1.29 is 13.2 Å². The molecule has 0 saturated carbocycles. The van der Waals surface area contributed by atoms with Crippen LogP contribution >= 0.6 is 15.9 Å². The highest BCUT2D eigenvalue weighted by Gasteiger charge is 2.20. The zero-order valence-electron chi connectivity index (χ0n) is 15.5. The molecule has 27 heavy (non-hydrogen) atoms. The van der Waals surface area contributed by atoms with Gasteiger partial charge in [-0.1, -0.05) is 19.1 Å². The van der Waals surface area contributed by atoms with Crippen LogP contribution in [0.4, 0.5) is 0 Å². The van der Waals surface area contributed by atoms with E-state index in [1.54, 1.807) is 12.1 Å². The van der Waals surface area contributed by atoms with Crippen molar-refractivity contribution in [3.8, 4) is 5.75 Å². The van der Waals surface area contributed by atoms with Gasteiger partial charge in [0, 0.05) is 20.6 Å². The lowest BCUT2D eigenvalue weighted by molar-refractivity contribution is 0.288. The van der Waals surface area contributed by atoms with Gasteiger partial charge in [-0.15, -0.1) is 0 Å². The van der Waals surface area contributed by atoms with Crippen molar-refractivity contribution in [2.24, 2.45) is 0 Å². The number of aromatic nitrogens is 2. The fraction of sp³-hybridized carbons (Fsp3) is 0.316. The highest BCUT2D eigenvalue weighted by atomic mass is 79.9. The third kappa shape index (κ3) is 4.02. The van der Waals surface area contributed by atoms with Crippen molar-refractivity contribution in [2.45, 2.75) is 31.4 Å². The minimum Gasteiger partial charge on any atom is -0.484 e. The Hall–Kier alpha value is -1.90. The number of sulfonamides is 1. The number of fused-ring (bicyclic) bond motifs is 1. The molecule has 2 aromatic carbocycles. The lowest BCUT2D eigenvalue weighted by Crippen LogP contribution is -2.22. The highest BCUT2D eigenvalue weighted by molar-refractivity contribution is 9.10.